The Bertz CT molecular complexity index is 702. The van der Waals surface area contributed by atoms with E-state index in [9.17, 15) is 4.79 Å². The quantitative estimate of drug-likeness (QED) is 0.892. The van der Waals surface area contributed by atoms with Crippen molar-refractivity contribution in [2.45, 2.75) is 26.2 Å². The highest BCUT2D eigenvalue weighted by molar-refractivity contribution is 6.30. The molecule has 3 rings (SSSR count). The third-order valence-corrected chi connectivity index (χ3v) is 4.78. The van der Waals surface area contributed by atoms with Gasteiger partial charge in [-0.3, -0.25) is 4.79 Å². The highest BCUT2D eigenvalue weighted by Crippen LogP contribution is 2.21. The molecule has 1 aromatic heterocycles. The highest BCUT2D eigenvalue weighted by Gasteiger charge is 2.26. The highest BCUT2D eigenvalue weighted by atomic mass is 35.5. The first-order valence-corrected chi connectivity index (χ1v) is 9.07. The van der Waals surface area contributed by atoms with Crippen LogP contribution in [0.3, 0.4) is 0 Å². The molecule has 0 radical (unpaired) electrons. The van der Waals surface area contributed by atoms with Gasteiger partial charge in [-0.15, -0.1) is 5.10 Å². The van der Waals surface area contributed by atoms with Crippen molar-refractivity contribution in [2.75, 3.05) is 24.5 Å². The van der Waals surface area contributed by atoms with Crippen LogP contribution in [-0.2, 0) is 11.2 Å². The minimum atomic E-state index is 0.00192. The number of nitrogens with one attached hydrogen (secondary N) is 1. The number of aromatic nitrogens is 2. The lowest BCUT2D eigenvalue weighted by Crippen LogP contribution is -2.43. The minimum Gasteiger partial charge on any atom is -0.355 e. The average Bonchev–Trinajstić information content (AvgIpc) is 2.64. The minimum absolute atomic E-state index is 0.00192. The zero-order valence-electron chi connectivity index (χ0n) is 14.4. The predicted molar refractivity (Wildman–Crippen MR) is 99.9 cm³/mol. The van der Waals surface area contributed by atoms with Crippen molar-refractivity contribution < 1.29 is 4.79 Å². The first-order chi connectivity index (χ1) is 12.1. The third-order valence-electron chi connectivity index (χ3n) is 4.53. The van der Waals surface area contributed by atoms with Gasteiger partial charge in [-0.1, -0.05) is 23.7 Å². The summed E-state index contributed by atoms with van der Waals surface area (Å²) < 4.78 is 0. The molecule has 1 fully saturated rings. The molecule has 1 unspecified atom stereocenters. The molecule has 0 saturated carbocycles. The van der Waals surface area contributed by atoms with Crippen molar-refractivity contribution in [1.82, 2.24) is 15.5 Å². The normalized spacial score (nSPS) is 17.4. The Morgan fingerprint density at radius 1 is 1.24 bits per heavy atom. The van der Waals surface area contributed by atoms with Crippen LogP contribution in [0.2, 0.25) is 5.02 Å². The first-order valence-electron chi connectivity index (χ1n) is 8.69. The molecule has 2 aromatic rings. The Kier molecular flexibility index (Phi) is 5.87. The van der Waals surface area contributed by atoms with Gasteiger partial charge in [0.2, 0.25) is 5.91 Å². The molecule has 0 spiro atoms. The number of nitrogens with zero attached hydrogens (tertiary/aromatic N) is 3. The van der Waals surface area contributed by atoms with Crippen molar-refractivity contribution in [3.8, 4) is 0 Å². The zero-order valence-corrected chi connectivity index (χ0v) is 15.2. The Hall–Kier alpha value is -2.14. The molecule has 1 saturated heterocycles. The van der Waals surface area contributed by atoms with E-state index >= 15 is 0 Å². The van der Waals surface area contributed by atoms with Crippen LogP contribution in [0.15, 0.2) is 36.4 Å². The summed E-state index contributed by atoms with van der Waals surface area (Å²) in [5.74, 6) is 0.977. The van der Waals surface area contributed by atoms with Crippen molar-refractivity contribution in [3.05, 3.63) is 52.7 Å². The van der Waals surface area contributed by atoms with Gasteiger partial charge in [-0.2, -0.15) is 5.10 Å². The van der Waals surface area contributed by atoms with Gasteiger partial charge in [-0.05, 0) is 56.0 Å². The Balaban J connectivity index is 1.49. The lowest BCUT2D eigenvalue weighted by Gasteiger charge is -2.32. The van der Waals surface area contributed by atoms with Crippen LogP contribution < -0.4 is 10.2 Å². The van der Waals surface area contributed by atoms with Crippen LogP contribution >= 0.6 is 11.6 Å². The molecule has 5 nitrogen and oxygen atoms in total. The van der Waals surface area contributed by atoms with E-state index in [1.54, 1.807) is 0 Å². The summed E-state index contributed by atoms with van der Waals surface area (Å²) in [5.41, 5.74) is 2.07. The Morgan fingerprint density at radius 3 is 2.76 bits per heavy atom. The van der Waals surface area contributed by atoms with Crippen LogP contribution in [0.4, 0.5) is 5.82 Å². The number of anilines is 1. The van der Waals surface area contributed by atoms with Crippen LogP contribution in [0.1, 0.15) is 24.1 Å². The molecule has 0 aliphatic carbocycles. The van der Waals surface area contributed by atoms with Gasteiger partial charge in [0.05, 0.1) is 11.6 Å². The Labute approximate surface area is 153 Å². The molecule has 0 bridgehead atoms. The number of amides is 1. The smallest absolute Gasteiger partial charge is 0.224 e. The van der Waals surface area contributed by atoms with Crippen LogP contribution in [0.25, 0.3) is 0 Å². The largest absolute Gasteiger partial charge is 0.355 e. The van der Waals surface area contributed by atoms with E-state index in [1.165, 1.54) is 5.56 Å². The van der Waals surface area contributed by atoms with Crippen molar-refractivity contribution in [1.29, 1.82) is 0 Å². The monoisotopic (exact) mass is 358 g/mol. The second-order valence-electron chi connectivity index (χ2n) is 6.49. The first kappa shape index (κ1) is 17.7. The topological polar surface area (TPSA) is 58.1 Å². The molecule has 132 valence electrons. The zero-order chi connectivity index (χ0) is 17.6. The fraction of sp³-hybridized carbons (Fsp3) is 0.421. The molecule has 1 amide bonds. The number of aryl methyl sites for hydroxylation is 1. The van der Waals surface area contributed by atoms with Gasteiger partial charge in [0.1, 0.15) is 0 Å². The van der Waals surface area contributed by atoms with Gasteiger partial charge in [-0.25, -0.2) is 0 Å². The lowest BCUT2D eigenvalue weighted by molar-refractivity contribution is -0.125. The van der Waals surface area contributed by atoms with E-state index in [2.05, 4.69) is 20.4 Å². The molecule has 2 heterocycles. The second-order valence-corrected chi connectivity index (χ2v) is 6.92. The predicted octanol–water partition coefficient (Wildman–Crippen LogP) is 3.01. The van der Waals surface area contributed by atoms with Crippen molar-refractivity contribution in [3.63, 3.8) is 0 Å². The van der Waals surface area contributed by atoms with Crippen LogP contribution in [0.5, 0.6) is 0 Å². The number of halogens is 1. The van der Waals surface area contributed by atoms with Gasteiger partial charge >= 0.3 is 0 Å². The molecule has 1 aliphatic rings. The van der Waals surface area contributed by atoms with E-state index < -0.39 is 0 Å². The Morgan fingerprint density at radius 2 is 2.04 bits per heavy atom. The molecular weight excluding hydrogens is 336 g/mol. The number of hydrogen-bond donors (Lipinski definition) is 1. The van der Waals surface area contributed by atoms with E-state index in [4.69, 9.17) is 11.6 Å². The van der Waals surface area contributed by atoms with E-state index in [-0.39, 0.29) is 11.8 Å². The molecule has 1 aliphatic heterocycles. The fourth-order valence-electron chi connectivity index (χ4n) is 3.09. The van der Waals surface area contributed by atoms with Crippen LogP contribution in [0, 0.1) is 12.8 Å². The summed E-state index contributed by atoms with van der Waals surface area (Å²) in [7, 11) is 0. The summed E-state index contributed by atoms with van der Waals surface area (Å²) in [6.07, 6.45) is 2.72. The summed E-state index contributed by atoms with van der Waals surface area (Å²) >= 11 is 5.89. The van der Waals surface area contributed by atoms with Gasteiger partial charge in [0.25, 0.3) is 0 Å². The number of hydrogen-bond acceptors (Lipinski definition) is 4. The third kappa shape index (κ3) is 4.92. The molecule has 1 aromatic carbocycles. The van der Waals surface area contributed by atoms with E-state index in [0.717, 1.165) is 42.3 Å². The molecule has 6 heteroatoms. The lowest BCUT2D eigenvalue weighted by atomic mass is 9.97. The van der Waals surface area contributed by atoms with E-state index in [1.807, 2.05) is 43.3 Å². The fourth-order valence-corrected chi connectivity index (χ4v) is 3.21. The number of benzene rings is 1. The second kappa shape index (κ2) is 8.30. The van der Waals surface area contributed by atoms with Gasteiger partial charge in [0, 0.05) is 24.7 Å². The SMILES string of the molecule is Cc1ccc(N2CCCC(C(=O)NCCc3ccc(Cl)cc3)C2)nn1. The molecule has 1 N–H and O–H groups in total. The summed E-state index contributed by atoms with van der Waals surface area (Å²) in [4.78, 5) is 14.6. The summed E-state index contributed by atoms with van der Waals surface area (Å²) in [5, 5.41) is 12.1. The maximum atomic E-state index is 12.5. The average molecular weight is 359 g/mol. The summed E-state index contributed by atoms with van der Waals surface area (Å²) in [6.45, 7) is 4.18. The van der Waals surface area contributed by atoms with Gasteiger partial charge < -0.3 is 10.2 Å². The van der Waals surface area contributed by atoms with Crippen molar-refractivity contribution in [2.24, 2.45) is 5.92 Å². The maximum absolute atomic E-state index is 12.5. The molecule has 1 atom stereocenters. The number of rotatable bonds is 5. The number of carbonyl (C=O) groups is 1. The van der Waals surface area contributed by atoms with Crippen LogP contribution in [-0.4, -0.2) is 35.7 Å². The van der Waals surface area contributed by atoms with Crippen molar-refractivity contribution >= 4 is 23.3 Å². The maximum Gasteiger partial charge on any atom is 0.224 e. The summed E-state index contributed by atoms with van der Waals surface area (Å²) in [6, 6.07) is 11.7. The number of carbonyl (C=O) groups excluding carboxylic acids is 1. The van der Waals surface area contributed by atoms with Gasteiger partial charge in [0.15, 0.2) is 5.82 Å². The van der Waals surface area contributed by atoms with E-state index in [0.29, 0.717) is 13.1 Å². The number of piperidine rings is 1. The molecule has 25 heavy (non-hydrogen) atoms. The standard InChI is InChI=1S/C19H23ClN4O/c1-14-4-9-18(23-22-14)24-12-2-3-16(13-24)19(25)21-11-10-15-5-7-17(20)8-6-15/h4-9,16H,2-3,10-13H2,1H3,(H,21,25). The molecular formula is C19H23ClN4O.